The van der Waals surface area contributed by atoms with E-state index in [1.54, 1.807) is 0 Å². The highest BCUT2D eigenvalue weighted by molar-refractivity contribution is 6.02. The molecule has 6 heteroatoms. The number of aliphatic hydroxyl groups is 1. The maximum atomic E-state index is 11.8. The minimum absolute atomic E-state index is 0.269. The van der Waals surface area contributed by atoms with Crippen LogP contribution in [0.15, 0.2) is 30.3 Å². The Kier molecular flexibility index (Phi) is 5.09. The van der Waals surface area contributed by atoms with Gasteiger partial charge < -0.3 is 10.4 Å². The van der Waals surface area contributed by atoms with Crippen LogP contribution in [0, 0.1) is 0 Å². The summed E-state index contributed by atoms with van der Waals surface area (Å²) in [4.78, 5) is 28.7. The van der Waals surface area contributed by atoms with Crippen molar-refractivity contribution in [3.63, 3.8) is 0 Å². The van der Waals surface area contributed by atoms with Crippen molar-refractivity contribution >= 4 is 11.8 Å². The van der Waals surface area contributed by atoms with Gasteiger partial charge in [-0.05, 0) is 18.4 Å². The molecular weight excluding hydrogens is 260 g/mol. The molecule has 1 fully saturated rings. The van der Waals surface area contributed by atoms with Gasteiger partial charge in [-0.1, -0.05) is 30.3 Å². The number of nitrogens with one attached hydrogen (secondary N) is 1. The SMILES string of the molecule is O=C(NCc1ccccc1)[C@@H](O)C(=O)N1CCCCO1. The molecule has 2 N–H and O–H groups in total. The highest BCUT2D eigenvalue weighted by Crippen LogP contribution is 2.08. The number of hydrogen-bond donors (Lipinski definition) is 2. The van der Waals surface area contributed by atoms with Crippen molar-refractivity contribution in [1.29, 1.82) is 0 Å². The molecule has 6 nitrogen and oxygen atoms in total. The zero-order chi connectivity index (χ0) is 14.4. The molecule has 2 rings (SSSR count). The van der Waals surface area contributed by atoms with E-state index in [-0.39, 0.29) is 6.54 Å². The Bertz CT molecular complexity index is 458. The third kappa shape index (κ3) is 3.79. The normalized spacial score (nSPS) is 16.6. The van der Waals surface area contributed by atoms with E-state index >= 15 is 0 Å². The van der Waals surface area contributed by atoms with Crippen molar-refractivity contribution < 1.29 is 19.5 Å². The smallest absolute Gasteiger partial charge is 0.284 e. The summed E-state index contributed by atoms with van der Waals surface area (Å²) >= 11 is 0. The monoisotopic (exact) mass is 278 g/mol. The maximum Gasteiger partial charge on any atom is 0.284 e. The Hall–Kier alpha value is -1.92. The Labute approximate surface area is 117 Å². The van der Waals surface area contributed by atoms with Crippen LogP contribution in [-0.4, -0.2) is 41.2 Å². The molecule has 1 aliphatic rings. The van der Waals surface area contributed by atoms with Crippen molar-refractivity contribution in [1.82, 2.24) is 10.4 Å². The van der Waals surface area contributed by atoms with E-state index in [9.17, 15) is 14.7 Å². The highest BCUT2D eigenvalue weighted by Gasteiger charge is 2.30. The minimum Gasteiger partial charge on any atom is -0.375 e. The number of hydrogen-bond acceptors (Lipinski definition) is 4. The summed E-state index contributed by atoms with van der Waals surface area (Å²) in [5, 5.41) is 13.3. The molecule has 0 saturated carbocycles. The standard InChI is InChI=1S/C14H18N2O4/c17-12(14(19)16-8-4-5-9-20-16)13(18)15-10-11-6-2-1-3-7-11/h1-3,6-7,12,17H,4-5,8-10H2,(H,15,18)/t12-/m1/s1. The fourth-order valence-corrected chi connectivity index (χ4v) is 1.90. The number of hydroxylamine groups is 2. The largest absolute Gasteiger partial charge is 0.375 e. The molecule has 1 aromatic carbocycles. The summed E-state index contributed by atoms with van der Waals surface area (Å²) in [7, 11) is 0. The van der Waals surface area contributed by atoms with Gasteiger partial charge in [0.05, 0.1) is 6.61 Å². The van der Waals surface area contributed by atoms with Crippen LogP contribution in [-0.2, 0) is 21.0 Å². The van der Waals surface area contributed by atoms with Gasteiger partial charge in [0.15, 0.2) is 0 Å². The predicted molar refractivity (Wildman–Crippen MR) is 71.2 cm³/mol. The van der Waals surface area contributed by atoms with Crippen molar-refractivity contribution in [3.05, 3.63) is 35.9 Å². The van der Waals surface area contributed by atoms with Crippen LogP contribution < -0.4 is 5.32 Å². The fraction of sp³-hybridized carbons (Fsp3) is 0.429. The van der Waals surface area contributed by atoms with Crippen LogP contribution >= 0.6 is 0 Å². The van der Waals surface area contributed by atoms with Crippen LogP contribution in [0.25, 0.3) is 0 Å². The first-order chi connectivity index (χ1) is 9.68. The van der Waals surface area contributed by atoms with Crippen molar-refractivity contribution in [2.75, 3.05) is 13.2 Å². The van der Waals surface area contributed by atoms with Crippen LogP contribution in [0.3, 0.4) is 0 Å². The van der Waals surface area contributed by atoms with E-state index < -0.39 is 17.9 Å². The van der Waals surface area contributed by atoms with E-state index in [4.69, 9.17) is 4.84 Å². The van der Waals surface area contributed by atoms with Gasteiger partial charge in [-0.15, -0.1) is 0 Å². The number of carbonyl (C=O) groups excluding carboxylic acids is 2. The van der Waals surface area contributed by atoms with Crippen LogP contribution in [0.1, 0.15) is 18.4 Å². The number of amides is 2. The van der Waals surface area contributed by atoms with Gasteiger partial charge in [-0.25, -0.2) is 5.06 Å². The van der Waals surface area contributed by atoms with Crippen LogP contribution in [0.4, 0.5) is 0 Å². The predicted octanol–water partition coefficient (Wildman–Crippen LogP) is 0.218. The molecule has 1 aromatic rings. The highest BCUT2D eigenvalue weighted by atomic mass is 16.7. The summed E-state index contributed by atoms with van der Waals surface area (Å²) in [6.07, 6.45) is -0.0405. The zero-order valence-electron chi connectivity index (χ0n) is 11.1. The summed E-state index contributed by atoms with van der Waals surface area (Å²) in [5.41, 5.74) is 0.898. The first kappa shape index (κ1) is 14.5. The molecular formula is C14H18N2O4. The molecule has 0 radical (unpaired) electrons. The lowest BCUT2D eigenvalue weighted by Crippen LogP contribution is -2.48. The van der Waals surface area contributed by atoms with Crippen molar-refractivity contribution in [3.8, 4) is 0 Å². The van der Waals surface area contributed by atoms with Crippen LogP contribution in [0.2, 0.25) is 0 Å². The van der Waals surface area contributed by atoms with E-state index in [1.165, 1.54) is 0 Å². The third-order valence-corrected chi connectivity index (χ3v) is 3.04. The van der Waals surface area contributed by atoms with Gasteiger partial charge in [0.2, 0.25) is 6.10 Å². The first-order valence-corrected chi connectivity index (χ1v) is 6.62. The summed E-state index contributed by atoms with van der Waals surface area (Å²) in [6.45, 7) is 1.11. The topological polar surface area (TPSA) is 78.9 Å². The van der Waals surface area contributed by atoms with Crippen molar-refractivity contribution in [2.24, 2.45) is 0 Å². The summed E-state index contributed by atoms with van der Waals surface area (Å²) in [6, 6.07) is 9.27. The molecule has 20 heavy (non-hydrogen) atoms. The quantitative estimate of drug-likeness (QED) is 0.772. The second kappa shape index (κ2) is 7.02. The summed E-state index contributed by atoms with van der Waals surface area (Å²) < 4.78 is 0. The molecule has 2 amide bonds. The number of carbonyl (C=O) groups is 2. The third-order valence-electron chi connectivity index (χ3n) is 3.04. The molecule has 0 bridgehead atoms. The molecule has 0 unspecified atom stereocenters. The second-order valence-corrected chi connectivity index (χ2v) is 4.59. The molecule has 1 heterocycles. The molecule has 1 saturated heterocycles. The average Bonchev–Trinajstić information content (AvgIpc) is 2.53. The molecule has 0 spiro atoms. The van der Waals surface area contributed by atoms with Crippen LogP contribution in [0.5, 0.6) is 0 Å². The number of aliphatic hydroxyl groups excluding tert-OH is 1. The van der Waals surface area contributed by atoms with E-state index in [1.807, 2.05) is 30.3 Å². The van der Waals surface area contributed by atoms with Gasteiger partial charge in [-0.3, -0.25) is 14.4 Å². The van der Waals surface area contributed by atoms with Gasteiger partial charge in [-0.2, -0.15) is 0 Å². The second-order valence-electron chi connectivity index (χ2n) is 4.59. The van der Waals surface area contributed by atoms with Gasteiger partial charge in [0.25, 0.3) is 11.8 Å². The zero-order valence-corrected chi connectivity index (χ0v) is 11.1. The van der Waals surface area contributed by atoms with E-state index in [0.29, 0.717) is 13.2 Å². The lowest BCUT2D eigenvalue weighted by Gasteiger charge is -2.27. The number of nitrogens with zero attached hydrogens (tertiary/aromatic N) is 1. The molecule has 1 atom stereocenters. The van der Waals surface area contributed by atoms with Gasteiger partial charge in [0.1, 0.15) is 0 Å². The van der Waals surface area contributed by atoms with E-state index in [0.717, 1.165) is 23.5 Å². The van der Waals surface area contributed by atoms with E-state index in [2.05, 4.69) is 5.32 Å². The Morgan fingerprint density at radius 2 is 2.05 bits per heavy atom. The average molecular weight is 278 g/mol. The first-order valence-electron chi connectivity index (χ1n) is 6.62. The van der Waals surface area contributed by atoms with Crippen molar-refractivity contribution in [2.45, 2.75) is 25.5 Å². The molecule has 0 aromatic heterocycles. The Morgan fingerprint density at radius 1 is 1.30 bits per heavy atom. The molecule has 1 aliphatic heterocycles. The van der Waals surface area contributed by atoms with Gasteiger partial charge >= 0.3 is 0 Å². The maximum absolute atomic E-state index is 11.8. The molecule has 0 aliphatic carbocycles. The number of benzene rings is 1. The Morgan fingerprint density at radius 3 is 2.70 bits per heavy atom. The lowest BCUT2D eigenvalue weighted by atomic mass is 10.2. The Balaban J connectivity index is 1.83. The number of rotatable bonds is 4. The molecule has 108 valence electrons. The fourth-order valence-electron chi connectivity index (χ4n) is 1.90. The summed E-state index contributed by atoms with van der Waals surface area (Å²) in [5.74, 6) is -1.43. The minimum atomic E-state index is -1.73. The lowest BCUT2D eigenvalue weighted by molar-refractivity contribution is -0.205. The van der Waals surface area contributed by atoms with Gasteiger partial charge in [0, 0.05) is 13.1 Å².